The third-order valence-corrected chi connectivity index (χ3v) is 5.21. The van der Waals surface area contributed by atoms with E-state index in [2.05, 4.69) is 27.1 Å². The van der Waals surface area contributed by atoms with Crippen molar-refractivity contribution in [2.75, 3.05) is 18.4 Å². The van der Waals surface area contributed by atoms with E-state index in [0.29, 0.717) is 30.5 Å². The van der Waals surface area contributed by atoms with E-state index >= 15 is 0 Å². The van der Waals surface area contributed by atoms with Gasteiger partial charge in [-0.25, -0.2) is 4.98 Å². The standard InChI is InChI=1S/C25H32N4O3/c1-19(10-12-29-13-11-26-18-29)15-27-16-24(31)22-8-9-25(23(14-22)28-20(2)30)32-17-21-6-4-3-5-7-21/h3-9,11,13-14,18-19,24,27,31H,10,12,15-17H2,1-2H3,(H,28,30). The van der Waals surface area contributed by atoms with Gasteiger partial charge in [-0.1, -0.05) is 43.3 Å². The number of hydrogen-bond acceptors (Lipinski definition) is 5. The van der Waals surface area contributed by atoms with Crippen LogP contribution in [0, 0.1) is 5.92 Å². The predicted molar refractivity (Wildman–Crippen MR) is 125 cm³/mol. The smallest absolute Gasteiger partial charge is 0.221 e. The first kappa shape index (κ1) is 23.5. The Hall–Kier alpha value is -3.16. The zero-order valence-electron chi connectivity index (χ0n) is 18.7. The molecule has 3 aromatic rings. The van der Waals surface area contributed by atoms with Crippen molar-refractivity contribution >= 4 is 11.6 Å². The average molecular weight is 437 g/mol. The largest absolute Gasteiger partial charge is 0.487 e. The Balaban J connectivity index is 1.53. The van der Waals surface area contributed by atoms with E-state index in [1.54, 1.807) is 18.3 Å². The fourth-order valence-corrected chi connectivity index (χ4v) is 3.38. The summed E-state index contributed by atoms with van der Waals surface area (Å²) in [5.74, 6) is 0.848. The van der Waals surface area contributed by atoms with Crippen LogP contribution in [-0.4, -0.2) is 33.7 Å². The number of aliphatic hydroxyl groups is 1. The summed E-state index contributed by atoms with van der Waals surface area (Å²) in [4.78, 5) is 15.7. The summed E-state index contributed by atoms with van der Waals surface area (Å²) < 4.78 is 7.98. The Labute approximate surface area is 189 Å². The molecule has 2 unspecified atom stereocenters. The molecule has 7 heteroatoms. The molecular formula is C25H32N4O3. The predicted octanol–water partition coefficient (Wildman–Crippen LogP) is 3.77. The van der Waals surface area contributed by atoms with Crippen molar-refractivity contribution < 1.29 is 14.6 Å². The second-order valence-corrected chi connectivity index (χ2v) is 8.08. The highest BCUT2D eigenvalue weighted by Crippen LogP contribution is 2.29. The van der Waals surface area contributed by atoms with Gasteiger partial charge in [-0.05, 0) is 42.1 Å². The Kier molecular flexibility index (Phi) is 8.83. The zero-order valence-corrected chi connectivity index (χ0v) is 18.7. The van der Waals surface area contributed by atoms with Gasteiger partial charge in [0, 0.05) is 32.4 Å². The summed E-state index contributed by atoms with van der Waals surface area (Å²) in [6, 6.07) is 15.2. The molecule has 1 amide bonds. The Morgan fingerprint density at radius 3 is 2.72 bits per heavy atom. The summed E-state index contributed by atoms with van der Waals surface area (Å²) >= 11 is 0. The highest BCUT2D eigenvalue weighted by Gasteiger charge is 2.13. The van der Waals surface area contributed by atoms with Gasteiger partial charge in [0.25, 0.3) is 0 Å². The fourth-order valence-electron chi connectivity index (χ4n) is 3.38. The number of imidazole rings is 1. The Morgan fingerprint density at radius 1 is 1.19 bits per heavy atom. The van der Waals surface area contributed by atoms with Crippen LogP contribution >= 0.6 is 0 Å². The minimum atomic E-state index is -0.688. The maximum Gasteiger partial charge on any atom is 0.221 e. The third kappa shape index (κ3) is 7.51. The molecule has 0 bridgehead atoms. The minimum Gasteiger partial charge on any atom is -0.487 e. The lowest BCUT2D eigenvalue weighted by molar-refractivity contribution is -0.114. The molecule has 0 fully saturated rings. The van der Waals surface area contributed by atoms with Crippen molar-refractivity contribution in [3.05, 3.63) is 78.4 Å². The van der Waals surface area contributed by atoms with Crippen LogP contribution in [0.3, 0.4) is 0 Å². The van der Waals surface area contributed by atoms with Crippen LogP contribution in [-0.2, 0) is 17.9 Å². The molecule has 1 aromatic heterocycles. The van der Waals surface area contributed by atoms with Crippen molar-refractivity contribution in [2.45, 2.75) is 39.5 Å². The van der Waals surface area contributed by atoms with Crippen molar-refractivity contribution in [3.63, 3.8) is 0 Å². The summed E-state index contributed by atoms with van der Waals surface area (Å²) in [6.07, 6.45) is 5.91. The van der Waals surface area contributed by atoms with Gasteiger partial charge in [-0.2, -0.15) is 0 Å². The maximum atomic E-state index is 11.7. The molecule has 3 N–H and O–H groups in total. The molecule has 0 aliphatic carbocycles. The van der Waals surface area contributed by atoms with Crippen molar-refractivity contribution in [1.82, 2.24) is 14.9 Å². The number of benzene rings is 2. The first-order valence-corrected chi connectivity index (χ1v) is 10.9. The number of rotatable bonds is 12. The van der Waals surface area contributed by atoms with E-state index in [-0.39, 0.29) is 5.91 Å². The second-order valence-electron chi connectivity index (χ2n) is 8.08. The number of nitrogens with zero attached hydrogens (tertiary/aromatic N) is 2. The Morgan fingerprint density at radius 2 is 2.00 bits per heavy atom. The quantitative estimate of drug-likeness (QED) is 0.402. The zero-order chi connectivity index (χ0) is 22.8. The van der Waals surface area contributed by atoms with Crippen LogP contribution in [0.4, 0.5) is 5.69 Å². The molecular weight excluding hydrogens is 404 g/mol. The SMILES string of the molecule is CC(=O)Nc1cc(C(O)CNCC(C)CCn2ccnc2)ccc1OCc1ccccc1. The molecule has 0 radical (unpaired) electrons. The molecule has 32 heavy (non-hydrogen) atoms. The third-order valence-electron chi connectivity index (χ3n) is 5.21. The molecule has 0 aliphatic rings. The number of carbonyl (C=O) groups is 1. The van der Waals surface area contributed by atoms with Gasteiger partial charge >= 0.3 is 0 Å². The number of hydrogen-bond donors (Lipinski definition) is 3. The van der Waals surface area contributed by atoms with Gasteiger partial charge in [0.15, 0.2) is 0 Å². The molecule has 1 heterocycles. The number of ether oxygens (including phenoxy) is 1. The first-order valence-electron chi connectivity index (χ1n) is 10.9. The van der Waals surface area contributed by atoms with E-state index in [1.807, 2.05) is 48.9 Å². The lowest BCUT2D eigenvalue weighted by atomic mass is 10.1. The van der Waals surface area contributed by atoms with Crippen LogP contribution in [0.15, 0.2) is 67.3 Å². The van der Waals surface area contributed by atoms with Crippen LogP contribution in [0.5, 0.6) is 5.75 Å². The van der Waals surface area contributed by atoms with Gasteiger partial charge in [0.1, 0.15) is 12.4 Å². The van der Waals surface area contributed by atoms with Gasteiger partial charge < -0.3 is 25.0 Å². The van der Waals surface area contributed by atoms with Crippen molar-refractivity contribution in [3.8, 4) is 5.75 Å². The first-order chi connectivity index (χ1) is 15.5. The van der Waals surface area contributed by atoms with Gasteiger partial charge in [-0.3, -0.25) is 4.79 Å². The Bertz CT molecular complexity index is 961. The van der Waals surface area contributed by atoms with Crippen LogP contribution < -0.4 is 15.4 Å². The van der Waals surface area contributed by atoms with E-state index in [9.17, 15) is 9.90 Å². The number of nitrogens with one attached hydrogen (secondary N) is 2. The van der Waals surface area contributed by atoms with Crippen LogP contribution in [0.2, 0.25) is 0 Å². The molecule has 0 saturated carbocycles. The number of aliphatic hydroxyl groups excluding tert-OH is 1. The number of anilines is 1. The lowest BCUT2D eigenvalue weighted by Gasteiger charge is -2.18. The van der Waals surface area contributed by atoms with E-state index < -0.39 is 6.10 Å². The van der Waals surface area contributed by atoms with Crippen molar-refractivity contribution in [1.29, 1.82) is 0 Å². The van der Waals surface area contributed by atoms with Gasteiger partial charge in [-0.15, -0.1) is 0 Å². The fraction of sp³-hybridized carbons (Fsp3) is 0.360. The van der Waals surface area contributed by atoms with Crippen LogP contribution in [0.1, 0.15) is 37.5 Å². The number of carbonyl (C=O) groups excluding carboxylic acids is 1. The normalized spacial score (nSPS) is 12.8. The van der Waals surface area contributed by atoms with Gasteiger partial charge in [0.2, 0.25) is 5.91 Å². The highest BCUT2D eigenvalue weighted by molar-refractivity contribution is 5.90. The minimum absolute atomic E-state index is 0.189. The van der Waals surface area contributed by atoms with Gasteiger partial charge in [0.05, 0.1) is 18.1 Å². The molecule has 0 spiro atoms. The molecule has 170 valence electrons. The second kappa shape index (κ2) is 12.0. The summed E-state index contributed by atoms with van der Waals surface area (Å²) in [5, 5.41) is 16.8. The van der Waals surface area contributed by atoms with E-state index in [1.165, 1.54) is 6.92 Å². The lowest BCUT2D eigenvalue weighted by Crippen LogP contribution is -2.27. The number of aryl methyl sites for hydroxylation is 1. The molecule has 0 aliphatic heterocycles. The summed E-state index contributed by atoms with van der Waals surface area (Å²) in [7, 11) is 0. The molecule has 0 saturated heterocycles. The molecule has 7 nitrogen and oxygen atoms in total. The number of aromatic nitrogens is 2. The summed E-state index contributed by atoms with van der Waals surface area (Å²) in [5.41, 5.74) is 2.31. The highest BCUT2D eigenvalue weighted by atomic mass is 16.5. The van der Waals surface area contributed by atoms with Crippen molar-refractivity contribution in [2.24, 2.45) is 5.92 Å². The monoisotopic (exact) mass is 436 g/mol. The molecule has 2 aromatic carbocycles. The number of amides is 1. The van der Waals surface area contributed by atoms with E-state index in [0.717, 1.165) is 30.6 Å². The maximum absolute atomic E-state index is 11.7. The van der Waals surface area contributed by atoms with E-state index in [4.69, 9.17) is 4.74 Å². The summed E-state index contributed by atoms with van der Waals surface area (Å²) in [6.45, 7) is 6.20. The topological polar surface area (TPSA) is 88.4 Å². The molecule has 3 rings (SSSR count). The average Bonchev–Trinajstić information content (AvgIpc) is 3.31. The molecule has 2 atom stereocenters. The van der Waals surface area contributed by atoms with Crippen LogP contribution in [0.25, 0.3) is 0 Å².